The van der Waals surface area contributed by atoms with Gasteiger partial charge < -0.3 is 15.5 Å². The SMILES string of the molecule is CCCc1ccc(C(O)C(O)CNC)cc1. The summed E-state index contributed by atoms with van der Waals surface area (Å²) < 4.78 is 0. The zero-order chi connectivity index (χ0) is 12.0. The number of likely N-dealkylation sites (N-methyl/N-ethyl adjacent to an activating group) is 1. The zero-order valence-corrected chi connectivity index (χ0v) is 9.98. The summed E-state index contributed by atoms with van der Waals surface area (Å²) >= 11 is 0. The molecule has 1 aromatic rings. The maximum absolute atomic E-state index is 9.85. The van der Waals surface area contributed by atoms with E-state index in [1.165, 1.54) is 5.56 Å². The normalized spacial score (nSPS) is 14.8. The molecule has 1 aromatic carbocycles. The summed E-state index contributed by atoms with van der Waals surface area (Å²) in [6.45, 7) is 2.53. The van der Waals surface area contributed by atoms with E-state index in [1.807, 2.05) is 24.3 Å². The third kappa shape index (κ3) is 3.59. The number of benzene rings is 1. The lowest BCUT2D eigenvalue weighted by molar-refractivity contribution is 0.0202. The van der Waals surface area contributed by atoms with Crippen LogP contribution in [0.5, 0.6) is 0 Å². The molecule has 0 saturated carbocycles. The molecule has 0 heterocycles. The van der Waals surface area contributed by atoms with Crippen LogP contribution in [0.15, 0.2) is 24.3 Å². The van der Waals surface area contributed by atoms with Crippen LogP contribution in [0.25, 0.3) is 0 Å². The lowest BCUT2D eigenvalue weighted by Crippen LogP contribution is -2.29. The second-order valence-electron chi connectivity index (χ2n) is 4.06. The van der Waals surface area contributed by atoms with Crippen LogP contribution in [-0.4, -0.2) is 29.9 Å². The Morgan fingerprint density at radius 1 is 1.19 bits per heavy atom. The van der Waals surface area contributed by atoms with Gasteiger partial charge in [-0.2, -0.15) is 0 Å². The Morgan fingerprint density at radius 3 is 2.31 bits per heavy atom. The van der Waals surface area contributed by atoms with Crippen molar-refractivity contribution in [1.29, 1.82) is 0 Å². The molecule has 0 amide bonds. The van der Waals surface area contributed by atoms with Crippen LogP contribution in [0.4, 0.5) is 0 Å². The van der Waals surface area contributed by atoms with Crippen LogP contribution < -0.4 is 5.32 Å². The summed E-state index contributed by atoms with van der Waals surface area (Å²) in [5, 5.41) is 22.3. The van der Waals surface area contributed by atoms with Gasteiger partial charge in [-0.1, -0.05) is 37.6 Å². The van der Waals surface area contributed by atoms with Gasteiger partial charge in [0.1, 0.15) is 6.10 Å². The van der Waals surface area contributed by atoms with Crippen molar-refractivity contribution in [3.05, 3.63) is 35.4 Å². The lowest BCUT2D eigenvalue weighted by atomic mass is 10.0. The average Bonchev–Trinajstić information content (AvgIpc) is 2.30. The molecule has 0 bridgehead atoms. The molecule has 90 valence electrons. The zero-order valence-electron chi connectivity index (χ0n) is 9.98. The third-order valence-electron chi connectivity index (χ3n) is 2.64. The largest absolute Gasteiger partial charge is 0.389 e. The van der Waals surface area contributed by atoms with Crippen molar-refractivity contribution in [3.8, 4) is 0 Å². The molecule has 3 N–H and O–H groups in total. The van der Waals surface area contributed by atoms with Crippen LogP contribution in [0.1, 0.15) is 30.6 Å². The smallest absolute Gasteiger partial charge is 0.106 e. The van der Waals surface area contributed by atoms with Crippen LogP contribution in [0, 0.1) is 0 Å². The van der Waals surface area contributed by atoms with E-state index in [4.69, 9.17) is 0 Å². The van der Waals surface area contributed by atoms with E-state index in [2.05, 4.69) is 12.2 Å². The number of rotatable bonds is 6. The Morgan fingerprint density at radius 2 is 1.81 bits per heavy atom. The fraction of sp³-hybridized carbons (Fsp3) is 0.538. The minimum Gasteiger partial charge on any atom is -0.389 e. The van der Waals surface area contributed by atoms with Gasteiger partial charge in [0.25, 0.3) is 0 Å². The van der Waals surface area contributed by atoms with Crippen molar-refractivity contribution in [3.63, 3.8) is 0 Å². The second kappa shape index (κ2) is 6.63. The fourth-order valence-electron chi connectivity index (χ4n) is 1.71. The van der Waals surface area contributed by atoms with Crippen molar-refractivity contribution in [1.82, 2.24) is 5.32 Å². The van der Waals surface area contributed by atoms with Gasteiger partial charge in [0, 0.05) is 6.54 Å². The minimum atomic E-state index is -0.817. The topological polar surface area (TPSA) is 52.5 Å². The Labute approximate surface area is 97.1 Å². The highest BCUT2D eigenvalue weighted by molar-refractivity contribution is 5.24. The van der Waals surface area contributed by atoms with Crippen molar-refractivity contribution in [2.75, 3.05) is 13.6 Å². The molecule has 0 aromatic heterocycles. The molecule has 2 atom stereocenters. The molecule has 2 unspecified atom stereocenters. The van der Waals surface area contributed by atoms with Gasteiger partial charge in [-0.25, -0.2) is 0 Å². The molecule has 3 heteroatoms. The van der Waals surface area contributed by atoms with E-state index >= 15 is 0 Å². The van der Waals surface area contributed by atoms with E-state index in [0.717, 1.165) is 18.4 Å². The Kier molecular flexibility index (Phi) is 5.46. The Hall–Kier alpha value is -0.900. The molecule has 0 fully saturated rings. The first kappa shape index (κ1) is 13.2. The Bertz CT molecular complexity index is 297. The lowest BCUT2D eigenvalue weighted by Gasteiger charge is -2.18. The molecule has 0 aliphatic rings. The summed E-state index contributed by atoms with van der Waals surface area (Å²) in [6.07, 6.45) is 0.588. The molecular weight excluding hydrogens is 202 g/mol. The molecule has 1 rings (SSSR count). The summed E-state index contributed by atoms with van der Waals surface area (Å²) in [4.78, 5) is 0. The molecule has 0 aliphatic carbocycles. The molecule has 3 nitrogen and oxygen atoms in total. The van der Waals surface area contributed by atoms with Crippen LogP contribution in [0.3, 0.4) is 0 Å². The van der Waals surface area contributed by atoms with Gasteiger partial charge in [-0.05, 0) is 24.6 Å². The fourth-order valence-corrected chi connectivity index (χ4v) is 1.71. The van der Waals surface area contributed by atoms with Crippen LogP contribution >= 0.6 is 0 Å². The predicted octanol–water partition coefficient (Wildman–Crippen LogP) is 1.25. The number of aliphatic hydroxyl groups is 2. The summed E-state index contributed by atoms with van der Waals surface area (Å²) in [5.41, 5.74) is 2.03. The van der Waals surface area contributed by atoms with Gasteiger partial charge in [0.2, 0.25) is 0 Å². The first-order valence-electron chi connectivity index (χ1n) is 5.78. The van der Waals surface area contributed by atoms with Gasteiger partial charge in [0.05, 0.1) is 6.10 Å². The van der Waals surface area contributed by atoms with E-state index < -0.39 is 12.2 Å². The van der Waals surface area contributed by atoms with Crippen molar-refractivity contribution in [2.45, 2.75) is 32.0 Å². The maximum atomic E-state index is 9.85. The summed E-state index contributed by atoms with van der Waals surface area (Å²) in [7, 11) is 1.75. The second-order valence-corrected chi connectivity index (χ2v) is 4.06. The van der Waals surface area contributed by atoms with Gasteiger partial charge in [-0.3, -0.25) is 0 Å². The van der Waals surface area contributed by atoms with Crippen molar-refractivity contribution >= 4 is 0 Å². The van der Waals surface area contributed by atoms with E-state index in [9.17, 15) is 10.2 Å². The van der Waals surface area contributed by atoms with Crippen LogP contribution in [-0.2, 0) is 6.42 Å². The minimum absolute atomic E-state index is 0.387. The van der Waals surface area contributed by atoms with Crippen molar-refractivity contribution in [2.24, 2.45) is 0 Å². The van der Waals surface area contributed by atoms with Gasteiger partial charge >= 0.3 is 0 Å². The van der Waals surface area contributed by atoms with E-state index in [1.54, 1.807) is 7.05 Å². The quantitative estimate of drug-likeness (QED) is 0.680. The number of hydrogen-bond acceptors (Lipinski definition) is 3. The van der Waals surface area contributed by atoms with Crippen molar-refractivity contribution < 1.29 is 10.2 Å². The molecule has 0 spiro atoms. The van der Waals surface area contributed by atoms with Gasteiger partial charge in [0.15, 0.2) is 0 Å². The molecule has 16 heavy (non-hydrogen) atoms. The summed E-state index contributed by atoms with van der Waals surface area (Å²) in [5.74, 6) is 0. The average molecular weight is 223 g/mol. The monoisotopic (exact) mass is 223 g/mol. The summed E-state index contributed by atoms with van der Waals surface area (Å²) in [6, 6.07) is 7.78. The van der Waals surface area contributed by atoms with Gasteiger partial charge in [-0.15, -0.1) is 0 Å². The highest BCUT2D eigenvalue weighted by Gasteiger charge is 2.16. The third-order valence-corrected chi connectivity index (χ3v) is 2.64. The number of aliphatic hydroxyl groups excluding tert-OH is 2. The highest BCUT2D eigenvalue weighted by Crippen LogP contribution is 2.17. The Balaban J connectivity index is 2.65. The number of hydrogen-bond donors (Lipinski definition) is 3. The molecule has 0 radical (unpaired) electrons. The standard InChI is InChI=1S/C13H21NO2/c1-3-4-10-5-7-11(8-6-10)13(16)12(15)9-14-2/h5-8,12-16H,3-4,9H2,1-2H3. The van der Waals surface area contributed by atoms with Crippen LogP contribution in [0.2, 0.25) is 0 Å². The molecular formula is C13H21NO2. The predicted molar refractivity (Wildman–Crippen MR) is 65.3 cm³/mol. The highest BCUT2D eigenvalue weighted by atomic mass is 16.3. The molecule has 0 saturated heterocycles. The first-order chi connectivity index (χ1) is 7.69. The molecule has 0 aliphatic heterocycles. The van der Waals surface area contributed by atoms with E-state index in [-0.39, 0.29) is 0 Å². The maximum Gasteiger partial charge on any atom is 0.106 e. The van der Waals surface area contributed by atoms with E-state index in [0.29, 0.717) is 6.54 Å². The number of nitrogens with one attached hydrogen (secondary N) is 1. The first-order valence-corrected chi connectivity index (χ1v) is 5.78. The number of aryl methyl sites for hydroxylation is 1.